The Morgan fingerprint density at radius 1 is 1.05 bits per heavy atom. The van der Waals surface area contributed by atoms with E-state index in [0.717, 1.165) is 19.6 Å². The average molecular weight is 281 g/mol. The van der Waals surface area contributed by atoms with Crippen molar-refractivity contribution in [1.29, 1.82) is 0 Å². The summed E-state index contributed by atoms with van der Waals surface area (Å²) < 4.78 is 0. The molecule has 0 unspecified atom stereocenters. The van der Waals surface area contributed by atoms with Gasteiger partial charge in [-0.15, -0.1) is 0 Å². The lowest BCUT2D eigenvalue weighted by Gasteiger charge is -2.37. The van der Waals surface area contributed by atoms with Gasteiger partial charge in [0.05, 0.1) is 11.4 Å². The lowest BCUT2D eigenvalue weighted by atomic mass is 10.0. The zero-order valence-corrected chi connectivity index (χ0v) is 12.8. The fourth-order valence-corrected chi connectivity index (χ4v) is 3.00. The Labute approximate surface area is 127 Å². The Morgan fingerprint density at radius 3 is 2.52 bits per heavy atom. The number of anilines is 2. The lowest BCUT2D eigenvalue weighted by Crippen LogP contribution is -2.38. The molecule has 1 heterocycles. The molecule has 2 aromatic carbocycles. The number of hydrogen-bond donors (Lipinski definition) is 1. The van der Waals surface area contributed by atoms with Crippen LogP contribution in [-0.2, 0) is 13.1 Å². The first-order valence-electron chi connectivity index (χ1n) is 7.52. The molecule has 0 radical (unpaired) electrons. The predicted octanol–water partition coefficient (Wildman–Crippen LogP) is 2.91. The maximum absolute atomic E-state index is 5.72. The molecule has 1 aliphatic rings. The summed E-state index contributed by atoms with van der Waals surface area (Å²) in [7, 11) is 2.16. The summed E-state index contributed by atoms with van der Waals surface area (Å²) in [5.41, 5.74) is 12.3. The van der Waals surface area contributed by atoms with E-state index in [9.17, 15) is 0 Å². The van der Waals surface area contributed by atoms with Crippen LogP contribution in [0.4, 0.5) is 11.4 Å². The number of hydrogen-bond acceptors (Lipinski definition) is 3. The van der Waals surface area contributed by atoms with Crippen molar-refractivity contribution in [1.82, 2.24) is 0 Å². The van der Waals surface area contributed by atoms with Gasteiger partial charge in [0.2, 0.25) is 0 Å². The molecule has 2 N–H and O–H groups in total. The Balaban J connectivity index is 1.88. The highest BCUT2D eigenvalue weighted by Crippen LogP contribution is 2.33. The van der Waals surface area contributed by atoms with Gasteiger partial charge in [-0.2, -0.15) is 0 Å². The van der Waals surface area contributed by atoms with E-state index in [1.807, 2.05) is 0 Å². The molecule has 0 aliphatic carbocycles. The molecule has 0 spiro atoms. The molecule has 3 rings (SSSR count). The van der Waals surface area contributed by atoms with E-state index in [0.29, 0.717) is 6.54 Å². The SMILES string of the molecule is Cc1cc(CN)ccc1CN1CCN(C)c2ccccc21. The van der Waals surface area contributed by atoms with Gasteiger partial charge >= 0.3 is 0 Å². The lowest BCUT2D eigenvalue weighted by molar-refractivity contribution is 0.732. The molecule has 110 valence electrons. The van der Waals surface area contributed by atoms with Gasteiger partial charge in [-0.1, -0.05) is 30.3 Å². The highest BCUT2D eigenvalue weighted by molar-refractivity contribution is 5.73. The maximum atomic E-state index is 5.72. The molecular formula is C18H23N3. The first-order valence-corrected chi connectivity index (χ1v) is 7.52. The summed E-state index contributed by atoms with van der Waals surface area (Å²) in [5.74, 6) is 0. The predicted molar refractivity (Wildman–Crippen MR) is 89.8 cm³/mol. The first-order chi connectivity index (χ1) is 10.2. The molecule has 0 bridgehead atoms. The van der Waals surface area contributed by atoms with Gasteiger partial charge in [-0.05, 0) is 35.7 Å². The van der Waals surface area contributed by atoms with Gasteiger partial charge in [-0.25, -0.2) is 0 Å². The molecule has 0 atom stereocenters. The Hall–Kier alpha value is -2.00. The molecule has 1 aliphatic heterocycles. The van der Waals surface area contributed by atoms with Crippen LogP contribution in [0.3, 0.4) is 0 Å². The van der Waals surface area contributed by atoms with E-state index in [1.54, 1.807) is 0 Å². The molecule has 0 fully saturated rings. The van der Waals surface area contributed by atoms with Crippen molar-refractivity contribution >= 4 is 11.4 Å². The van der Waals surface area contributed by atoms with E-state index in [1.165, 1.54) is 28.1 Å². The average Bonchev–Trinajstić information content (AvgIpc) is 2.52. The topological polar surface area (TPSA) is 32.5 Å². The standard InChI is InChI=1S/C18H23N3/c1-14-11-15(12-19)7-8-16(14)13-21-10-9-20(2)17-5-3-4-6-18(17)21/h3-8,11H,9-10,12-13,19H2,1-2H3. The zero-order valence-electron chi connectivity index (χ0n) is 12.8. The van der Waals surface area contributed by atoms with Gasteiger partial charge in [0, 0.05) is 33.2 Å². The minimum absolute atomic E-state index is 0.610. The van der Waals surface area contributed by atoms with Crippen molar-refractivity contribution < 1.29 is 0 Å². The number of rotatable bonds is 3. The summed E-state index contributed by atoms with van der Waals surface area (Å²) in [6, 6.07) is 15.2. The minimum atomic E-state index is 0.610. The van der Waals surface area contributed by atoms with Crippen LogP contribution in [0.15, 0.2) is 42.5 Å². The van der Waals surface area contributed by atoms with Gasteiger partial charge in [0.15, 0.2) is 0 Å². The Bertz CT molecular complexity index is 636. The molecular weight excluding hydrogens is 258 g/mol. The third-order valence-electron chi connectivity index (χ3n) is 4.34. The van der Waals surface area contributed by atoms with Gasteiger partial charge < -0.3 is 15.5 Å². The number of benzene rings is 2. The van der Waals surface area contributed by atoms with Crippen LogP contribution in [-0.4, -0.2) is 20.1 Å². The zero-order chi connectivity index (χ0) is 14.8. The summed E-state index contributed by atoms with van der Waals surface area (Å²) in [5, 5.41) is 0. The van der Waals surface area contributed by atoms with Crippen LogP contribution in [0.25, 0.3) is 0 Å². The van der Waals surface area contributed by atoms with E-state index in [4.69, 9.17) is 5.73 Å². The quantitative estimate of drug-likeness (QED) is 0.939. The smallest absolute Gasteiger partial charge is 0.0607 e. The Kier molecular flexibility index (Phi) is 3.84. The van der Waals surface area contributed by atoms with Crippen molar-refractivity contribution in [2.75, 3.05) is 29.9 Å². The summed E-state index contributed by atoms with van der Waals surface area (Å²) in [6.07, 6.45) is 0. The third kappa shape index (κ3) is 2.74. The number of fused-ring (bicyclic) bond motifs is 1. The fourth-order valence-electron chi connectivity index (χ4n) is 3.00. The van der Waals surface area contributed by atoms with Crippen LogP contribution >= 0.6 is 0 Å². The molecule has 0 aromatic heterocycles. The molecule has 3 nitrogen and oxygen atoms in total. The minimum Gasteiger partial charge on any atom is -0.371 e. The second-order valence-corrected chi connectivity index (χ2v) is 5.80. The van der Waals surface area contributed by atoms with Crippen molar-refractivity contribution in [3.8, 4) is 0 Å². The molecule has 21 heavy (non-hydrogen) atoms. The van der Waals surface area contributed by atoms with Crippen molar-refractivity contribution in [3.05, 3.63) is 59.2 Å². The monoisotopic (exact) mass is 281 g/mol. The number of nitrogens with zero attached hydrogens (tertiary/aromatic N) is 2. The second kappa shape index (κ2) is 5.78. The largest absolute Gasteiger partial charge is 0.371 e. The van der Waals surface area contributed by atoms with Crippen LogP contribution < -0.4 is 15.5 Å². The van der Waals surface area contributed by atoms with Crippen LogP contribution in [0.1, 0.15) is 16.7 Å². The van der Waals surface area contributed by atoms with Crippen molar-refractivity contribution in [2.45, 2.75) is 20.0 Å². The van der Waals surface area contributed by atoms with E-state index in [2.05, 4.69) is 66.2 Å². The van der Waals surface area contributed by atoms with E-state index in [-0.39, 0.29) is 0 Å². The highest BCUT2D eigenvalue weighted by atomic mass is 15.2. The molecule has 3 heteroatoms. The number of para-hydroxylation sites is 2. The van der Waals surface area contributed by atoms with Crippen LogP contribution in [0.2, 0.25) is 0 Å². The summed E-state index contributed by atoms with van der Waals surface area (Å²) >= 11 is 0. The fraction of sp³-hybridized carbons (Fsp3) is 0.333. The van der Waals surface area contributed by atoms with Gasteiger partial charge in [0.1, 0.15) is 0 Å². The Morgan fingerprint density at radius 2 is 1.81 bits per heavy atom. The van der Waals surface area contributed by atoms with Crippen molar-refractivity contribution in [3.63, 3.8) is 0 Å². The number of aryl methyl sites for hydroxylation is 1. The third-order valence-corrected chi connectivity index (χ3v) is 4.34. The first kappa shape index (κ1) is 14.0. The van der Waals surface area contributed by atoms with Crippen LogP contribution in [0.5, 0.6) is 0 Å². The van der Waals surface area contributed by atoms with Crippen molar-refractivity contribution in [2.24, 2.45) is 5.73 Å². The van der Waals surface area contributed by atoms with E-state index < -0.39 is 0 Å². The second-order valence-electron chi connectivity index (χ2n) is 5.80. The number of nitrogens with two attached hydrogens (primary N) is 1. The summed E-state index contributed by atoms with van der Waals surface area (Å²) in [4.78, 5) is 4.80. The van der Waals surface area contributed by atoms with Crippen LogP contribution in [0, 0.1) is 6.92 Å². The van der Waals surface area contributed by atoms with E-state index >= 15 is 0 Å². The molecule has 0 amide bonds. The van der Waals surface area contributed by atoms with Gasteiger partial charge in [0.25, 0.3) is 0 Å². The maximum Gasteiger partial charge on any atom is 0.0607 e. The number of likely N-dealkylation sites (N-methyl/N-ethyl adjacent to an activating group) is 1. The van der Waals surface area contributed by atoms with Gasteiger partial charge in [-0.3, -0.25) is 0 Å². The normalized spacial score (nSPS) is 14.2. The summed E-state index contributed by atoms with van der Waals surface area (Å²) in [6.45, 7) is 5.87. The highest BCUT2D eigenvalue weighted by Gasteiger charge is 2.20. The molecule has 2 aromatic rings. The molecule has 0 saturated heterocycles. The molecule has 0 saturated carbocycles.